The van der Waals surface area contributed by atoms with Gasteiger partial charge in [0.2, 0.25) is 0 Å². The first kappa shape index (κ1) is 10.4. The second kappa shape index (κ2) is 3.46. The third kappa shape index (κ3) is 1.32. The van der Waals surface area contributed by atoms with Gasteiger partial charge in [-0.3, -0.25) is 9.78 Å². The first-order valence-corrected chi connectivity index (χ1v) is 6.76. The first-order chi connectivity index (χ1) is 8.75. The van der Waals surface area contributed by atoms with Gasteiger partial charge >= 0.3 is 0 Å². The molecule has 4 unspecified atom stereocenters. The molecule has 1 heterocycles. The van der Waals surface area contributed by atoms with E-state index >= 15 is 0 Å². The van der Waals surface area contributed by atoms with E-state index in [0.29, 0.717) is 17.3 Å². The number of anilines is 1. The monoisotopic (exact) mass is 243 g/mol. The number of rotatable bonds is 2. The number of nitrogens with two attached hydrogens (primary N) is 1. The Balaban J connectivity index is 1.48. The minimum Gasteiger partial charge on any atom is -0.397 e. The lowest BCUT2D eigenvalue weighted by Gasteiger charge is -2.11. The number of carbonyl (C=O) groups excluding carboxylic acids is 1. The summed E-state index contributed by atoms with van der Waals surface area (Å²) in [5, 5.41) is 3.17. The number of amides is 1. The predicted octanol–water partition coefficient (Wildman–Crippen LogP) is 1.44. The second-order valence-electron chi connectivity index (χ2n) is 5.95. The molecule has 18 heavy (non-hydrogen) atoms. The van der Waals surface area contributed by atoms with Crippen LogP contribution in [0.2, 0.25) is 0 Å². The minimum atomic E-state index is -0.0336. The zero-order valence-corrected chi connectivity index (χ0v) is 10.2. The van der Waals surface area contributed by atoms with Gasteiger partial charge in [0, 0.05) is 12.2 Å². The highest BCUT2D eigenvalue weighted by atomic mass is 16.1. The van der Waals surface area contributed by atoms with Crippen molar-refractivity contribution in [2.75, 3.05) is 5.73 Å². The van der Waals surface area contributed by atoms with Crippen molar-refractivity contribution < 1.29 is 4.79 Å². The average molecular weight is 243 g/mol. The van der Waals surface area contributed by atoms with Gasteiger partial charge < -0.3 is 11.1 Å². The molecule has 4 atom stereocenters. The maximum absolute atomic E-state index is 12.2. The number of hydrogen-bond acceptors (Lipinski definition) is 3. The van der Waals surface area contributed by atoms with Gasteiger partial charge in [-0.2, -0.15) is 0 Å². The molecule has 1 aromatic rings. The quantitative estimate of drug-likeness (QED) is 0.825. The Labute approximate surface area is 106 Å². The van der Waals surface area contributed by atoms with Gasteiger partial charge in [0.1, 0.15) is 0 Å². The maximum Gasteiger partial charge on any atom is 0.253 e. The zero-order chi connectivity index (χ0) is 12.3. The van der Waals surface area contributed by atoms with Gasteiger partial charge in [0.25, 0.3) is 5.91 Å². The molecule has 3 fully saturated rings. The topological polar surface area (TPSA) is 68.0 Å². The Morgan fingerprint density at radius 3 is 2.72 bits per heavy atom. The second-order valence-corrected chi connectivity index (χ2v) is 5.95. The number of pyridine rings is 1. The van der Waals surface area contributed by atoms with E-state index in [0.717, 1.165) is 23.7 Å². The summed E-state index contributed by atoms with van der Waals surface area (Å²) in [6.07, 6.45) is 7.29. The van der Waals surface area contributed by atoms with Crippen LogP contribution in [0.15, 0.2) is 18.5 Å². The van der Waals surface area contributed by atoms with Crippen molar-refractivity contribution in [1.29, 1.82) is 0 Å². The molecule has 0 spiro atoms. The summed E-state index contributed by atoms with van der Waals surface area (Å²) in [6.45, 7) is 0. The van der Waals surface area contributed by atoms with E-state index in [1.807, 2.05) is 0 Å². The van der Waals surface area contributed by atoms with Crippen LogP contribution >= 0.6 is 0 Å². The number of nitrogens with one attached hydrogen (secondary N) is 1. The molecule has 0 radical (unpaired) electrons. The summed E-state index contributed by atoms with van der Waals surface area (Å²) in [5.41, 5.74) is 6.80. The molecule has 4 heteroatoms. The summed E-state index contributed by atoms with van der Waals surface area (Å²) < 4.78 is 0. The number of hydrogen-bond donors (Lipinski definition) is 2. The van der Waals surface area contributed by atoms with Gasteiger partial charge in [0.05, 0.1) is 17.4 Å². The van der Waals surface area contributed by atoms with Crippen molar-refractivity contribution in [3.05, 3.63) is 24.0 Å². The third-order valence-corrected chi connectivity index (χ3v) is 5.13. The fourth-order valence-electron chi connectivity index (χ4n) is 4.36. The molecule has 0 aromatic carbocycles. The van der Waals surface area contributed by atoms with Crippen molar-refractivity contribution in [3.8, 4) is 0 Å². The Kier molecular flexibility index (Phi) is 1.99. The van der Waals surface area contributed by atoms with E-state index in [-0.39, 0.29) is 5.91 Å². The van der Waals surface area contributed by atoms with Crippen LogP contribution in [0.5, 0.6) is 0 Å². The van der Waals surface area contributed by atoms with Crippen LogP contribution in [-0.2, 0) is 0 Å². The Hall–Kier alpha value is -1.58. The number of carbonyl (C=O) groups is 1. The van der Waals surface area contributed by atoms with E-state index in [9.17, 15) is 4.79 Å². The molecule has 3 aliphatic carbocycles. The molecule has 0 saturated heterocycles. The molecule has 1 aromatic heterocycles. The lowest BCUT2D eigenvalue weighted by Crippen LogP contribution is -2.30. The molecule has 3 aliphatic rings. The summed E-state index contributed by atoms with van der Waals surface area (Å²) in [6, 6.07) is 2.11. The summed E-state index contributed by atoms with van der Waals surface area (Å²) in [5.74, 6) is 3.24. The van der Waals surface area contributed by atoms with Gasteiger partial charge in [-0.15, -0.1) is 0 Å². The van der Waals surface area contributed by atoms with Gasteiger partial charge in [-0.1, -0.05) is 0 Å². The minimum absolute atomic E-state index is 0.0336. The van der Waals surface area contributed by atoms with Crippen LogP contribution in [0.1, 0.15) is 29.6 Å². The van der Waals surface area contributed by atoms with Crippen LogP contribution in [0.3, 0.4) is 0 Å². The van der Waals surface area contributed by atoms with Crippen LogP contribution in [-0.4, -0.2) is 16.9 Å². The predicted molar refractivity (Wildman–Crippen MR) is 67.7 cm³/mol. The third-order valence-electron chi connectivity index (χ3n) is 5.13. The summed E-state index contributed by atoms with van der Waals surface area (Å²) >= 11 is 0. The molecule has 4 nitrogen and oxygen atoms in total. The van der Waals surface area contributed by atoms with Gasteiger partial charge in [-0.25, -0.2) is 0 Å². The zero-order valence-electron chi connectivity index (χ0n) is 10.2. The lowest BCUT2D eigenvalue weighted by molar-refractivity contribution is 0.0945. The van der Waals surface area contributed by atoms with Gasteiger partial charge in [0.15, 0.2) is 0 Å². The van der Waals surface area contributed by atoms with Crippen molar-refractivity contribution >= 4 is 11.6 Å². The van der Waals surface area contributed by atoms with E-state index in [2.05, 4.69) is 10.3 Å². The Morgan fingerprint density at radius 1 is 1.33 bits per heavy atom. The molecular weight excluding hydrogens is 226 g/mol. The normalized spacial score (nSPS) is 39.4. The standard InChI is InChI=1S/C14H17N3O/c15-10-6-16-4-3-9(10)14(18)17-13-11-7-1-2-8(5-7)12(11)13/h3-4,6-8,11-13H,1-2,5,15H2,(H,17,18). The van der Waals surface area contributed by atoms with Crippen molar-refractivity contribution in [2.24, 2.45) is 23.7 Å². The maximum atomic E-state index is 12.2. The van der Waals surface area contributed by atoms with Crippen molar-refractivity contribution in [3.63, 3.8) is 0 Å². The molecule has 0 aliphatic heterocycles. The van der Waals surface area contributed by atoms with E-state index < -0.39 is 0 Å². The number of nitrogens with zero attached hydrogens (tertiary/aromatic N) is 1. The van der Waals surface area contributed by atoms with Crippen molar-refractivity contribution in [1.82, 2.24) is 10.3 Å². The van der Waals surface area contributed by atoms with Crippen LogP contribution < -0.4 is 11.1 Å². The molecule has 1 amide bonds. The molecular formula is C14H17N3O. The smallest absolute Gasteiger partial charge is 0.253 e. The van der Waals surface area contributed by atoms with E-state index in [1.54, 1.807) is 12.3 Å². The molecule has 4 rings (SSSR count). The Bertz CT molecular complexity index is 500. The fourth-order valence-corrected chi connectivity index (χ4v) is 4.36. The lowest BCUT2D eigenvalue weighted by atomic mass is 10.0. The average Bonchev–Trinajstić information content (AvgIpc) is 2.77. The number of nitrogen functional groups attached to an aromatic ring is 1. The highest BCUT2D eigenvalue weighted by molar-refractivity contribution is 5.99. The van der Waals surface area contributed by atoms with E-state index in [1.165, 1.54) is 25.5 Å². The summed E-state index contributed by atoms with van der Waals surface area (Å²) in [4.78, 5) is 16.1. The number of aromatic nitrogens is 1. The highest BCUT2D eigenvalue weighted by Gasteiger charge is 2.65. The van der Waals surface area contributed by atoms with Crippen LogP contribution in [0.25, 0.3) is 0 Å². The van der Waals surface area contributed by atoms with Crippen LogP contribution in [0, 0.1) is 23.7 Å². The van der Waals surface area contributed by atoms with Crippen LogP contribution in [0.4, 0.5) is 5.69 Å². The summed E-state index contributed by atoms with van der Waals surface area (Å²) in [7, 11) is 0. The molecule has 3 N–H and O–H groups in total. The molecule has 3 saturated carbocycles. The van der Waals surface area contributed by atoms with Crippen molar-refractivity contribution in [2.45, 2.75) is 25.3 Å². The molecule has 94 valence electrons. The highest BCUT2D eigenvalue weighted by Crippen LogP contribution is 2.65. The Morgan fingerprint density at radius 2 is 2.06 bits per heavy atom. The molecule has 2 bridgehead atoms. The first-order valence-electron chi connectivity index (χ1n) is 6.76. The SMILES string of the molecule is Nc1cnccc1C(=O)NC1C2C3CCC(C3)C12. The van der Waals surface area contributed by atoms with E-state index in [4.69, 9.17) is 5.73 Å². The van der Waals surface area contributed by atoms with Gasteiger partial charge in [-0.05, 0) is 49.0 Å². The number of fused-ring (bicyclic) bond motifs is 5. The fraction of sp³-hybridized carbons (Fsp3) is 0.571. The largest absolute Gasteiger partial charge is 0.397 e.